The number of hydrogen-bond donors (Lipinski definition) is 3. The van der Waals surface area contributed by atoms with Crippen LogP contribution in [0.15, 0.2) is 22.7 Å². The summed E-state index contributed by atoms with van der Waals surface area (Å²) < 4.78 is 36.0. The van der Waals surface area contributed by atoms with Gasteiger partial charge in [-0.15, -0.1) is 0 Å². The second kappa shape index (κ2) is 6.60. The summed E-state index contributed by atoms with van der Waals surface area (Å²) in [6.45, 7) is -0.595. The standard InChI is InChI=1S/C11H10BrF3N2O3/c12-7-3-1-2-6(9(18)19)8(7)17-10(20)16-5-4-11(13,14)15/h1-3H,4-5H2,(H,18,19)(H2,16,17,20). The van der Waals surface area contributed by atoms with Crippen molar-refractivity contribution in [1.29, 1.82) is 0 Å². The van der Waals surface area contributed by atoms with Crippen LogP contribution in [0.3, 0.4) is 0 Å². The van der Waals surface area contributed by atoms with Crippen LogP contribution in [0.1, 0.15) is 16.8 Å². The van der Waals surface area contributed by atoms with Crippen molar-refractivity contribution in [3.63, 3.8) is 0 Å². The van der Waals surface area contributed by atoms with Crippen molar-refractivity contribution in [2.45, 2.75) is 12.6 Å². The fourth-order valence-corrected chi connectivity index (χ4v) is 1.77. The zero-order valence-corrected chi connectivity index (χ0v) is 11.5. The quantitative estimate of drug-likeness (QED) is 0.776. The molecule has 3 N–H and O–H groups in total. The van der Waals surface area contributed by atoms with Gasteiger partial charge < -0.3 is 15.7 Å². The minimum absolute atomic E-state index is 0.0236. The summed E-state index contributed by atoms with van der Waals surface area (Å²) >= 11 is 3.06. The monoisotopic (exact) mass is 354 g/mol. The van der Waals surface area contributed by atoms with E-state index in [-0.39, 0.29) is 11.3 Å². The molecule has 0 saturated carbocycles. The molecule has 0 unspecified atom stereocenters. The van der Waals surface area contributed by atoms with Crippen LogP contribution in [0.4, 0.5) is 23.7 Å². The zero-order valence-electron chi connectivity index (χ0n) is 9.92. The van der Waals surface area contributed by atoms with Crippen LogP contribution in [0.2, 0.25) is 0 Å². The van der Waals surface area contributed by atoms with Crippen LogP contribution < -0.4 is 10.6 Å². The maximum absolute atomic E-state index is 11.9. The van der Waals surface area contributed by atoms with E-state index in [0.29, 0.717) is 4.47 Å². The number of amides is 2. The van der Waals surface area contributed by atoms with Crippen LogP contribution in [0, 0.1) is 0 Å². The van der Waals surface area contributed by atoms with Gasteiger partial charge in [-0.05, 0) is 28.1 Å². The van der Waals surface area contributed by atoms with E-state index >= 15 is 0 Å². The predicted molar refractivity (Wildman–Crippen MR) is 68.8 cm³/mol. The van der Waals surface area contributed by atoms with Crippen molar-refractivity contribution in [1.82, 2.24) is 5.32 Å². The molecule has 1 aromatic rings. The highest BCUT2D eigenvalue weighted by atomic mass is 79.9. The molecule has 0 radical (unpaired) electrons. The van der Waals surface area contributed by atoms with Crippen LogP contribution in [0.5, 0.6) is 0 Å². The minimum Gasteiger partial charge on any atom is -0.478 e. The van der Waals surface area contributed by atoms with Gasteiger partial charge in [0.2, 0.25) is 0 Å². The van der Waals surface area contributed by atoms with Crippen molar-refractivity contribution < 1.29 is 27.9 Å². The molecule has 9 heteroatoms. The van der Waals surface area contributed by atoms with Gasteiger partial charge >= 0.3 is 18.2 Å². The number of carboxylic acid groups (broad SMARTS) is 1. The molecule has 0 aromatic heterocycles. The Bertz CT molecular complexity index is 520. The lowest BCUT2D eigenvalue weighted by molar-refractivity contribution is -0.132. The Labute approximate surface area is 120 Å². The molecule has 0 bridgehead atoms. The molecule has 0 aliphatic carbocycles. The topological polar surface area (TPSA) is 78.4 Å². The number of benzene rings is 1. The van der Waals surface area contributed by atoms with Gasteiger partial charge in [-0.1, -0.05) is 6.07 Å². The molecule has 0 heterocycles. The van der Waals surface area contributed by atoms with E-state index in [0.717, 1.165) is 0 Å². The van der Waals surface area contributed by atoms with E-state index in [2.05, 4.69) is 21.2 Å². The van der Waals surface area contributed by atoms with Crippen LogP contribution in [0.25, 0.3) is 0 Å². The van der Waals surface area contributed by atoms with Gasteiger partial charge in [-0.3, -0.25) is 0 Å². The summed E-state index contributed by atoms with van der Waals surface area (Å²) in [5, 5.41) is 13.1. The van der Waals surface area contributed by atoms with Crippen LogP contribution >= 0.6 is 15.9 Å². The van der Waals surface area contributed by atoms with Gasteiger partial charge in [-0.2, -0.15) is 13.2 Å². The van der Waals surface area contributed by atoms with Gasteiger partial charge in [0.25, 0.3) is 0 Å². The number of carboxylic acids is 1. The lowest BCUT2D eigenvalue weighted by Crippen LogP contribution is -2.32. The van der Waals surface area contributed by atoms with Gasteiger partial charge in [0, 0.05) is 11.0 Å². The molecule has 1 rings (SSSR count). The van der Waals surface area contributed by atoms with Gasteiger partial charge in [0.15, 0.2) is 0 Å². The third kappa shape index (κ3) is 5.08. The van der Waals surface area contributed by atoms with Crippen molar-refractivity contribution >= 4 is 33.6 Å². The average Bonchev–Trinajstić information content (AvgIpc) is 2.29. The first-order chi connectivity index (χ1) is 9.20. The van der Waals surface area contributed by atoms with E-state index in [1.54, 1.807) is 0 Å². The first-order valence-electron chi connectivity index (χ1n) is 5.34. The number of hydrogen-bond acceptors (Lipinski definition) is 2. The number of urea groups is 1. The zero-order chi connectivity index (χ0) is 15.3. The predicted octanol–water partition coefficient (Wildman–Crippen LogP) is 3.22. The second-order valence-corrected chi connectivity index (χ2v) is 4.57. The molecule has 0 aliphatic rings. The average molecular weight is 355 g/mol. The first kappa shape index (κ1) is 16.3. The Balaban J connectivity index is 2.69. The highest BCUT2D eigenvalue weighted by Crippen LogP contribution is 2.26. The highest BCUT2D eigenvalue weighted by molar-refractivity contribution is 9.10. The number of carbonyl (C=O) groups excluding carboxylic acids is 1. The van der Waals surface area contributed by atoms with Gasteiger partial charge in [-0.25, -0.2) is 9.59 Å². The molecule has 0 saturated heterocycles. The Kier molecular flexibility index (Phi) is 5.37. The van der Waals surface area contributed by atoms with Crippen molar-refractivity contribution in [3.8, 4) is 0 Å². The first-order valence-corrected chi connectivity index (χ1v) is 6.13. The summed E-state index contributed by atoms with van der Waals surface area (Å²) in [6, 6.07) is 3.31. The molecular weight excluding hydrogens is 345 g/mol. The maximum atomic E-state index is 11.9. The van der Waals surface area contributed by atoms with Crippen LogP contribution in [-0.2, 0) is 0 Å². The van der Waals surface area contributed by atoms with E-state index in [1.165, 1.54) is 18.2 Å². The largest absolute Gasteiger partial charge is 0.478 e. The second-order valence-electron chi connectivity index (χ2n) is 3.71. The Morgan fingerprint density at radius 3 is 2.50 bits per heavy atom. The Morgan fingerprint density at radius 1 is 1.30 bits per heavy atom. The number of para-hydroxylation sites is 1. The fraction of sp³-hybridized carbons (Fsp3) is 0.273. The van der Waals surface area contributed by atoms with E-state index < -0.39 is 31.1 Å². The molecule has 0 aliphatic heterocycles. The van der Waals surface area contributed by atoms with E-state index in [9.17, 15) is 22.8 Å². The number of alkyl halides is 3. The van der Waals surface area contributed by atoms with Crippen molar-refractivity contribution in [2.24, 2.45) is 0 Å². The summed E-state index contributed by atoms with van der Waals surface area (Å²) in [4.78, 5) is 22.4. The summed E-state index contributed by atoms with van der Waals surface area (Å²) in [7, 11) is 0. The summed E-state index contributed by atoms with van der Waals surface area (Å²) in [5.74, 6) is -1.27. The third-order valence-electron chi connectivity index (χ3n) is 2.18. The van der Waals surface area contributed by atoms with Crippen molar-refractivity contribution in [3.05, 3.63) is 28.2 Å². The smallest absolute Gasteiger partial charge is 0.390 e. The number of carbonyl (C=O) groups is 2. The van der Waals surface area contributed by atoms with Gasteiger partial charge in [0.1, 0.15) is 0 Å². The number of anilines is 1. The molecule has 1 aromatic carbocycles. The molecule has 5 nitrogen and oxygen atoms in total. The Hall–Kier alpha value is -1.77. The molecule has 0 spiro atoms. The third-order valence-corrected chi connectivity index (χ3v) is 2.84. The molecule has 0 fully saturated rings. The lowest BCUT2D eigenvalue weighted by Gasteiger charge is -2.12. The normalized spacial score (nSPS) is 11.0. The summed E-state index contributed by atoms with van der Waals surface area (Å²) in [5.41, 5.74) is -0.199. The molecule has 2 amide bonds. The number of nitrogens with one attached hydrogen (secondary N) is 2. The Morgan fingerprint density at radius 2 is 1.95 bits per heavy atom. The van der Waals surface area contributed by atoms with Gasteiger partial charge in [0.05, 0.1) is 17.7 Å². The molecule has 110 valence electrons. The number of aromatic carboxylic acids is 1. The molecule has 20 heavy (non-hydrogen) atoms. The van der Waals surface area contributed by atoms with E-state index in [1.807, 2.05) is 5.32 Å². The lowest BCUT2D eigenvalue weighted by atomic mass is 10.2. The fourth-order valence-electron chi connectivity index (χ4n) is 1.30. The SMILES string of the molecule is O=C(NCCC(F)(F)F)Nc1c(Br)cccc1C(=O)O. The number of halogens is 4. The van der Waals surface area contributed by atoms with Crippen molar-refractivity contribution in [2.75, 3.05) is 11.9 Å². The maximum Gasteiger partial charge on any atom is 0.390 e. The van der Waals surface area contributed by atoms with E-state index in [4.69, 9.17) is 5.11 Å². The summed E-state index contributed by atoms with van der Waals surface area (Å²) in [6.07, 6.45) is -5.53. The van der Waals surface area contributed by atoms with Crippen LogP contribution in [-0.4, -0.2) is 29.8 Å². The highest BCUT2D eigenvalue weighted by Gasteiger charge is 2.26. The number of rotatable bonds is 4. The molecule has 0 atom stereocenters. The minimum atomic E-state index is -4.37. The molecular formula is C11H10BrF3N2O3.